The number of rotatable bonds is 34. The second-order valence-electron chi connectivity index (χ2n) is 12.7. The Balaban J connectivity index is 4.44. The van der Waals surface area contributed by atoms with Crippen LogP contribution >= 0.6 is 7.82 Å². The van der Waals surface area contributed by atoms with E-state index < -0.39 is 27.1 Å². The number of aliphatic hydroxyl groups excluding tert-OH is 2. The van der Waals surface area contributed by atoms with Gasteiger partial charge >= 0.3 is 7.82 Å². The highest BCUT2D eigenvalue weighted by Gasteiger charge is 2.25. The molecule has 0 rings (SSSR count). The van der Waals surface area contributed by atoms with Gasteiger partial charge in [0.05, 0.1) is 26.4 Å². The Labute approximate surface area is 275 Å². The lowest BCUT2D eigenvalue weighted by molar-refractivity contribution is -0.145. The van der Waals surface area contributed by atoms with Crippen molar-refractivity contribution in [1.82, 2.24) is 4.90 Å². The number of hydrogen-bond donors (Lipinski definition) is 3. The molecule has 45 heavy (non-hydrogen) atoms. The van der Waals surface area contributed by atoms with E-state index in [2.05, 4.69) is 18.4 Å². The Morgan fingerprint density at radius 1 is 0.600 bits per heavy atom. The van der Waals surface area contributed by atoms with Crippen LogP contribution in [0.1, 0.15) is 181 Å². The summed E-state index contributed by atoms with van der Waals surface area (Å²) in [4.78, 5) is 37.0. The zero-order chi connectivity index (χ0) is 33.4. The van der Waals surface area contributed by atoms with Crippen LogP contribution in [0.25, 0.3) is 0 Å². The molecule has 0 aromatic carbocycles. The summed E-state index contributed by atoms with van der Waals surface area (Å²) in [5.74, 6) is -0.557. The van der Waals surface area contributed by atoms with E-state index in [1.54, 1.807) is 0 Å². The van der Waals surface area contributed by atoms with Gasteiger partial charge in [0.15, 0.2) is 0 Å². The van der Waals surface area contributed by atoms with Crippen LogP contribution in [0.5, 0.6) is 0 Å². The number of hydrogen-bond acceptors (Lipinski definition) is 7. The molecule has 0 aromatic heterocycles. The van der Waals surface area contributed by atoms with Gasteiger partial charge in [-0.2, -0.15) is 0 Å². The summed E-state index contributed by atoms with van der Waals surface area (Å²) in [5, 5.41) is 18.2. The highest BCUT2D eigenvalue weighted by Crippen LogP contribution is 2.43. The molecule has 1 unspecified atom stereocenters. The molecule has 0 radical (unpaired) electrons. The maximum absolute atomic E-state index is 13.0. The minimum Gasteiger partial charge on any atom is -0.394 e. The lowest BCUT2D eigenvalue weighted by Gasteiger charge is -2.22. The second-order valence-corrected chi connectivity index (χ2v) is 14.1. The average Bonchev–Trinajstić information content (AvgIpc) is 3.02. The third-order valence-corrected chi connectivity index (χ3v) is 9.28. The van der Waals surface area contributed by atoms with Crippen molar-refractivity contribution in [1.29, 1.82) is 0 Å². The molecule has 0 bridgehead atoms. The first kappa shape index (κ1) is 44.2. The molecule has 0 heterocycles. The number of unbranched alkanes of at least 4 members (excludes halogenated alkanes) is 22. The molecule has 0 saturated carbocycles. The van der Waals surface area contributed by atoms with Gasteiger partial charge in [-0.05, 0) is 12.8 Å². The van der Waals surface area contributed by atoms with E-state index in [-0.39, 0.29) is 37.8 Å². The van der Waals surface area contributed by atoms with Crippen LogP contribution in [0, 0.1) is 0 Å². The van der Waals surface area contributed by atoms with E-state index in [1.165, 1.54) is 108 Å². The van der Waals surface area contributed by atoms with Crippen LogP contribution in [0.4, 0.5) is 0 Å². The first-order valence-corrected chi connectivity index (χ1v) is 20.0. The lowest BCUT2D eigenvalue weighted by Crippen LogP contribution is -2.39. The van der Waals surface area contributed by atoms with Gasteiger partial charge in [-0.1, -0.05) is 155 Å². The van der Waals surface area contributed by atoms with Gasteiger partial charge in [0.25, 0.3) is 0 Å². The summed E-state index contributed by atoms with van der Waals surface area (Å²) >= 11 is 0. The molecule has 0 aliphatic carbocycles. The molecule has 268 valence electrons. The van der Waals surface area contributed by atoms with E-state index >= 15 is 0 Å². The molecule has 0 spiro atoms. The van der Waals surface area contributed by atoms with Crippen molar-refractivity contribution in [2.45, 2.75) is 187 Å². The number of aliphatic hydroxyl groups is 2. The van der Waals surface area contributed by atoms with Crippen molar-refractivity contribution >= 4 is 19.6 Å². The fourth-order valence-corrected chi connectivity index (χ4v) is 6.16. The minimum atomic E-state index is -4.50. The van der Waals surface area contributed by atoms with Crippen molar-refractivity contribution in [3.05, 3.63) is 0 Å². The van der Waals surface area contributed by atoms with Crippen molar-refractivity contribution in [3.63, 3.8) is 0 Å². The van der Waals surface area contributed by atoms with Gasteiger partial charge in [0.1, 0.15) is 6.10 Å². The summed E-state index contributed by atoms with van der Waals surface area (Å²) in [7, 11) is -4.50. The summed E-state index contributed by atoms with van der Waals surface area (Å²) in [6.07, 6.45) is 27.8. The fourth-order valence-electron chi connectivity index (χ4n) is 5.41. The SMILES string of the molecule is CCCCCCCCCCCCCCC(=O)N(CCOP(=O)(O)OC[C@H](O)CO)C(=O)CCCCCCCCCCCCCC. The third kappa shape index (κ3) is 29.1. The van der Waals surface area contributed by atoms with Gasteiger partial charge < -0.3 is 15.1 Å². The Morgan fingerprint density at radius 3 is 1.27 bits per heavy atom. The standard InChI is InChI=1S/C35H70NO8P/c1-3-5-7-9-11-13-15-17-19-21-23-25-27-34(39)36(29-30-43-45(41,42)44-32-33(38)31-37)35(40)28-26-24-22-20-18-16-14-12-10-8-6-4-2/h33,37-38H,3-32H2,1-2H3,(H,41,42)/t33-/m1/s1. The predicted octanol–water partition coefficient (Wildman–Crippen LogP) is 9.01. The largest absolute Gasteiger partial charge is 0.472 e. The number of phosphoric acid groups is 1. The van der Waals surface area contributed by atoms with Crippen molar-refractivity contribution in [2.75, 3.05) is 26.4 Å². The van der Waals surface area contributed by atoms with E-state index in [0.717, 1.165) is 38.5 Å². The third-order valence-electron chi connectivity index (χ3n) is 8.30. The summed E-state index contributed by atoms with van der Waals surface area (Å²) in [5.41, 5.74) is 0. The van der Waals surface area contributed by atoms with Crippen molar-refractivity contribution < 1.29 is 38.3 Å². The highest BCUT2D eigenvalue weighted by atomic mass is 31.2. The molecule has 2 amide bonds. The molecular formula is C35H70NO8P. The molecule has 10 heteroatoms. The van der Waals surface area contributed by atoms with Crippen molar-refractivity contribution in [2.24, 2.45) is 0 Å². The van der Waals surface area contributed by atoms with Gasteiger partial charge in [-0.15, -0.1) is 0 Å². The van der Waals surface area contributed by atoms with E-state index in [9.17, 15) is 24.2 Å². The van der Waals surface area contributed by atoms with E-state index in [0.29, 0.717) is 12.8 Å². The highest BCUT2D eigenvalue weighted by molar-refractivity contribution is 7.47. The van der Waals surface area contributed by atoms with E-state index in [4.69, 9.17) is 9.63 Å². The molecule has 0 saturated heterocycles. The minimum absolute atomic E-state index is 0.134. The Kier molecular flexibility index (Phi) is 31.2. The van der Waals surface area contributed by atoms with Crippen LogP contribution in [-0.2, 0) is 23.2 Å². The molecular weight excluding hydrogens is 593 g/mol. The lowest BCUT2D eigenvalue weighted by atomic mass is 10.0. The number of imide groups is 1. The molecule has 0 fully saturated rings. The number of phosphoric ester groups is 1. The normalized spacial score (nSPS) is 13.5. The van der Waals surface area contributed by atoms with Gasteiger partial charge in [0.2, 0.25) is 11.8 Å². The fraction of sp³-hybridized carbons (Fsp3) is 0.943. The Hall–Kier alpha value is -0.830. The van der Waals surface area contributed by atoms with Crippen LogP contribution in [0.2, 0.25) is 0 Å². The molecule has 3 N–H and O–H groups in total. The zero-order valence-electron chi connectivity index (χ0n) is 29.1. The molecule has 9 nitrogen and oxygen atoms in total. The summed E-state index contributed by atoms with van der Waals surface area (Å²) in [6, 6.07) is 0. The maximum Gasteiger partial charge on any atom is 0.472 e. The van der Waals surface area contributed by atoms with Crippen LogP contribution < -0.4 is 0 Å². The monoisotopic (exact) mass is 663 g/mol. The van der Waals surface area contributed by atoms with E-state index in [1.807, 2.05) is 0 Å². The smallest absolute Gasteiger partial charge is 0.394 e. The van der Waals surface area contributed by atoms with Gasteiger partial charge in [-0.3, -0.25) is 23.5 Å². The number of nitrogens with zero attached hydrogens (tertiary/aromatic N) is 1. The summed E-state index contributed by atoms with van der Waals surface area (Å²) in [6.45, 7) is 2.81. The average molecular weight is 664 g/mol. The molecule has 0 aliphatic rings. The van der Waals surface area contributed by atoms with Crippen LogP contribution in [0.15, 0.2) is 0 Å². The number of carbonyl (C=O) groups is 2. The predicted molar refractivity (Wildman–Crippen MR) is 183 cm³/mol. The Morgan fingerprint density at radius 2 is 0.933 bits per heavy atom. The van der Waals surface area contributed by atoms with Crippen LogP contribution in [-0.4, -0.2) is 64.3 Å². The van der Waals surface area contributed by atoms with Gasteiger partial charge in [-0.25, -0.2) is 4.57 Å². The zero-order valence-corrected chi connectivity index (χ0v) is 30.0. The van der Waals surface area contributed by atoms with Crippen LogP contribution in [0.3, 0.4) is 0 Å². The quantitative estimate of drug-likeness (QED) is 0.0459. The number of carbonyl (C=O) groups excluding carboxylic acids is 2. The molecule has 2 atom stereocenters. The molecule has 0 aliphatic heterocycles. The number of amides is 2. The first-order chi connectivity index (χ1) is 21.8. The maximum atomic E-state index is 13.0. The second kappa shape index (κ2) is 31.8. The van der Waals surface area contributed by atoms with Crippen molar-refractivity contribution in [3.8, 4) is 0 Å². The first-order valence-electron chi connectivity index (χ1n) is 18.5. The molecule has 0 aromatic rings. The van der Waals surface area contributed by atoms with Gasteiger partial charge in [0, 0.05) is 12.8 Å². The topological polar surface area (TPSA) is 134 Å². The summed E-state index contributed by atoms with van der Waals surface area (Å²) < 4.78 is 21.7. The Bertz CT molecular complexity index is 698.